The monoisotopic (exact) mass is 742 g/mol. The van der Waals surface area contributed by atoms with Crippen LogP contribution in [0.15, 0.2) is 24.3 Å². The average molecular weight is 743 g/mol. The number of rotatable bonds is 6. The van der Waals surface area contributed by atoms with Gasteiger partial charge in [-0.3, -0.25) is 0 Å². The fraction of sp³-hybridized carbons (Fsp3) is 0.791. The zero-order valence-electron chi connectivity index (χ0n) is 33.1. The molecule has 52 heavy (non-hydrogen) atoms. The minimum atomic E-state index is -2.84. The second-order valence-electron chi connectivity index (χ2n) is 18.3. The van der Waals surface area contributed by atoms with Crippen LogP contribution in [0.4, 0.5) is 4.39 Å². The predicted octanol–water partition coefficient (Wildman–Crippen LogP) is 8.49. The van der Waals surface area contributed by atoms with Gasteiger partial charge >= 0.3 is 5.97 Å². The molecule has 1 aromatic rings. The summed E-state index contributed by atoms with van der Waals surface area (Å²) < 4.78 is 43.3. The highest BCUT2D eigenvalue weighted by atomic mass is 32.2. The molecule has 0 spiro atoms. The molecule has 7 aliphatic rings. The third kappa shape index (κ3) is 7.31. The van der Waals surface area contributed by atoms with E-state index >= 15 is 0 Å². The van der Waals surface area contributed by atoms with Crippen LogP contribution in [0.3, 0.4) is 0 Å². The van der Waals surface area contributed by atoms with E-state index in [0.29, 0.717) is 47.9 Å². The van der Waals surface area contributed by atoms with Crippen molar-refractivity contribution < 1.29 is 27.4 Å². The van der Waals surface area contributed by atoms with E-state index in [1.54, 1.807) is 0 Å². The molecule has 2 N–H and O–H groups in total. The van der Waals surface area contributed by atoms with Crippen LogP contribution in [0, 0.1) is 51.7 Å². The summed E-state index contributed by atoms with van der Waals surface area (Å²) in [5.41, 5.74) is 2.39. The molecule has 292 valence electrons. The highest BCUT2D eigenvalue weighted by Gasteiger charge is 2.65. The first-order valence-electron chi connectivity index (χ1n) is 20.6. The molecule has 0 bridgehead atoms. The summed E-state index contributed by atoms with van der Waals surface area (Å²) in [5.74, 6) is 2.19. The molecule has 9 heteroatoms. The lowest BCUT2D eigenvalue weighted by Gasteiger charge is -2.68. The van der Waals surface area contributed by atoms with E-state index in [0.717, 1.165) is 49.4 Å². The Morgan fingerprint density at radius 2 is 1.65 bits per heavy atom. The molecule has 0 aromatic heterocycles. The van der Waals surface area contributed by atoms with Crippen LogP contribution < -0.4 is 5.32 Å². The fourth-order valence-electron chi connectivity index (χ4n) is 13.0. The van der Waals surface area contributed by atoms with Crippen molar-refractivity contribution in [3.8, 4) is 0 Å². The number of benzene rings is 1. The summed E-state index contributed by atoms with van der Waals surface area (Å²) in [7, 11) is -2.84. The Kier molecular flexibility index (Phi) is 11.5. The van der Waals surface area contributed by atoms with E-state index < -0.39 is 21.6 Å². The lowest BCUT2D eigenvalue weighted by Crippen LogP contribution is -2.63. The standard InChI is InChI=1S/C38H55FN2O4S.C3H6O.C2H6/c1-35(2)28(25-7-8-27(34(42)43)31(39)24-25)11-15-37(4)32(35)13-16-36(3)29-12-17-38(14-5-6-30(38)26(29)9-10-33(36)37)40-18-19-41-20-22-46(44,45)23-21-41;1-3-2-4-3;1-2/h7-8,11,24,26,29-30,32-33,40H,5-6,9-10,12-23H2,1-4H3,(H,42,43);3H,2H2,1H3;1-2H3/t26-,29?,30+,32?,33?,36-,37-,38-;;/m0../s1. The van der Waals surface area contributed by atoms with Gasteiger partial charge in [0, 0.05) is 31.7 Å². The van der Waals surface area contributed by atoms with E-state index in [1.165, 1.54) is 75.5 Å². The van der Waals surface area contributed by atoms with Gasteiger partial charge in [-0.2, -0.15) is 0 Å². The van der Waals surface area contributed by atoms with Gasteiger partial charge in [0.25, 0.3) is 0 Å². The van der Waals surface area contributed by atoms with Crippen molar-refractivity contribution in [3.63, 3.8) is 0 Å². The Morgan fingerprint density at radius 1 is 0.962 bits per heavy atom. The van der Waals surface area contributed by atoms with E-state index in [2.05, 4.69) is 50.9 Å². The number of carbonyl (C=O) groups is 1. The Hall–Kier alpha value is -1.81. The molecule has 0 amide bonds. The van der Waals surface area contributed by atoms with Gasteiger partial charge in [0.2, 0.25) is 0 Å². The van der Waals surface area contributed by atoms with Gasteiger partial charge < -0.3 is 20.1 Å². The number of halogens is 1. The minimum Gasteiger partial charge on any atom is -0.478 e. The molecule has 2 aliphatic heterocycles. The maximum Gasteiger partial charge on any atom is 0.338 e. The Labute approximate surface area is 313 Å². The molecular formula is C43H67FN2O5S. The maximum atomic E-state index is 14.8. The summed E-state index contributed by atoms with van der Waals surface area (Å²) in [4.78, 5) is 13.8. The Bertz CT molecular complexity index is 1590. The third-order valence-corrected chi connectivity index (χ3v) is 17.1. The van der Waals surface area contributed by atoms with Crippen LogP contribution in [-0.2, 0) is 14.6 Å². The normalized spacial score (nSPS) is 39.8. The quantitative estimate of drug-likeness (QED) is 0.282. The number of nitrogens with one attached hydrogen (secondary N) is 1. The summed E-state index contributed by atoms with van der Waals surface area (Å²) in [6, 6.07) is 4.68. The molecule has 1 aromatic carbocycles. The van der Waals surface area contributed by atoms with Crippen molar-refractivity contribution >= 4 is 21.4 Å². The molecule has 2 heterocycles. The van der Waals surface area contributed by atoms with Gasteiger partial charge in [0.05, 0.1) is 29.8 Å². The summed E-state index contributed by atoms with van der Waals surface area (Å²) in [6.07, 6.45) is 15.5. The Morgan fingerprint density at radius 3 is 2.29 bits per heavy atom. The topological polar surface area (TPSA) is 99.2 Å². The SMILES string of the molecule is CC.CC1(C)C(c2ccc(C(=O)O)c(F)c2)=CC[C@@]2(C)C1CC[C@@]1(C)C3CC[C@@]4(NCCN5CCS(=O)(=O)CC5)CCC[C@@H]4[C@H]3CCC12.CC1CO1. The first kappa shape index (κ1) is 39.9. The Balaban J connectivity index is 0.000000714. The average Bonchev–Trinajstić information content (AvgIpc) is 3.76. The van der Waals surface area contributed by atoms with Crippen molar-refractivity contribution in [1.82, 2.24) is 10.2 Å². The third-order valence-electron chi connectivity index (χ3n) is 15.4. The van der Waals surface area contributed by atoms with Crippen LogP contribution in [0.2, 0.25) is 0 Å². The molecule has 5 aliphatic carbocycles. The zero-order valence-corrected chi connectivity index (χ0v) is 33.9. The predicted molar refractivity (Wildman–Crippen MR) is 208 cm³/mol. The number of aromatic carboxylic acids is 1. The minimum absolute atomic E-state index is 0.127. The fourth-order valence-corrected chi connectivity index (χ4v) is 14.3. The van der Waals surface area contributed by atoms with Crippen LogP contribution >= 0.6 is 0 Å². The number of carboxylic acid groups (broad SMARTS) is 1. The highest BCUT2D eigenvalue weighted by Crippen LogP contribution is 2.72. The van der Waals surface area contributed by atoms with Crippen molar-refractivity contribution in [2.24, 2.45) is 45.8 Å². The summed E-state index contributed by atoms with van der Waals surface area (Å²) >= 11 is 0. The molecule has 4 saturated carbocycles. The van der Waals surface area contributed by atoms with Crippen molar-refractivity contribution in [3.05, 3.63) is 41.2 Å². The van der Waals surface area contributed by atoms with Crippen molar-refractivity contribution in [2.45, 2.75) is 124 Å². The van der Waals surface area contributed by atoms with Gasteiger partial charge in [-0.15, -0.1) is 0 Å². The molecule has 6 fully saturated rings. The molecular weight excluding hydrogens is 676 g/mol. The molecule has 9 atom stereocenters. The van der Waals surface area contributed by atoms with Crippen LogP contribution in [0.1, 0.15) is 129 Å². The second kappa shape index (κ2) is 15.0. The molecule has 8 rings (SSSR count). The number of sulfone groups is 1. The molecule has 2 saturated heterocycles. The van der Waals surface area contributed by atoms with E-state index in [9.17, 15) is 22.7 Å². The van der Waals surface area contributed by atoms with E-state index in [4.69, 9.17) is 4.74 Å². The molecule has 0 radical (unpaired) electrons. The van der Waals surface area contributed by atoms with Crippen LogP contribution in [0.25, 0.3) is 5.57 Å². The number of allylic oxidation sites excluding steroid dienone is 2. The van der Waals surface area contributed by atoms with Gasteiger partial charge in [-0.25, -0.2) is 17.6 Å². The molecule has 7 nitrogen and oxygen atoms in total. The smallest absolute Gasteiger partial charge is 0.338 e. The summed E-state index contributed by atoms with van der Waals surface area (Å²) in [6.45, 7) is 20.2. The van der Waals surface area contributed by atoms with Crippen LogP contribution in [0.5, 0.6) is 0 Å². The maximum absolute atomic E-state index is 14.8. The largest absolute Gasteiger partial charge is 0.478 e. The number of epoxide rings is 1. The highest BCUT2D eigenvalue weighted by molar-refractivity contribution is 7.91. The lowest BCUT2D eigenvalue weighted by atomic mass is 9.37. The first-order chi connectivity index (χ1) is 24.6. The second-order valence-corrected chi connectivity index (χ2v) is 20.6. The van der Waals surface area contributed by atoms with Gasteiger partial charge in [0.15, 0.2) is 9.84 Å². The lowest BCUT2D eigenvalue weighted by molar-refractivity contribution is -0.172. The first-order valence-corrected chi connectivity index (χ1v) is 22.5. The van der Waals surface area contributed by atoms with Crippen molar-refractivity contribution in [1.29, 1.82) is 0 Å². The number of hydrogen-bond acceptors (Lipinski definition) is 6. The van der Waals surface area contributed by atoms with Crippen molar-refractivity contribution in [2.75, 3.05) is 44.3 Å². The van der Waals surface area contributed by atoms with Crippen LogP contribution in [-0.4, -0.2) is 80.3 Å². The number of ether oxygens (including phenoxy) is 1. The number of carboxylic acids is 1. The number of nitrogens with zero attached hydrogens (tertiary/aromatic N) is 1. The number of hydrogen-bond donors (Lipinski definition) is 2. The zero-order chi connectivity index (χ0) is 37.7. The van der Waals surface area contributed by atoms with Gasteiger partial charge in [-0.05, 0) is 134 Å². The number of fused-ring (bicyclic) bond motifs is 7. The summed E-state index contributed by atoms with van der Waals surface area (Å²) in [5, 5.41) is 13.5. The van der Waals surface area contributed by atoms with Gasteiger partial charge in [0.1, 0.15) is 5.82 Å². The molecule has 4 unspecified atom stereocenters. The van der Waals surface area contributed by atoms with E-state index in [1.807, 2.05) is 19.9 Å². The van der Waals surface area contributed by atoms with E-state index in [-0.39, 0.29) is 21.9 Å². The van der Waals surface area contributed by atoms with Gasteiger partial charge in [-0.1, -0.05) is 60.1 Å².